The van der Waals surface area contributed by atoms with Crippen LogP contribution in [-0.4, -0.2) is 10.2 Å². The maximum Gasteiger partial charge on any atom is 0.122 e. The van der Waals surface area contributed by atoms with Crippen LogP contribution in [0, 0.1) is 6.92 Å². The number of aryl methyl sites for hydroxylation is 3. The quantitative estimate of drug-likeness (QED) is 0.117. The van der Waals surface area contributed by atoms with Crippen molar-refractivity contribution in [3.8, 4) is 11.5 Å². The molecule has 0 amide bonds. The second-order valence-electron chi connectivity index (χ2n) is 14.9. The van der Waals surface area contributed by atoms with Gasteiger partial charge < -0.3 is 10.2 Å². The van der Waals surface area contributed by atoms with Crippen molar-refractivity contribution in [1.82, 2.24) is 0 Å². The average molecular weight is 607 g/mol. The highest BCUT2D eigenvalue weighted by Crippen LogP contribution is 2.37. The smallest absolute Gasteiger partial charge is 0.122 e. The molecule has 2 rings (SSSR count). The number of phenolic OH excluding ortho intramolecular Hbond substituents is 2. The van der Waals surface area contributed by atoms with E-state index in [9.17, 15) is 10.2 Å². The number of hydrogen-bond donors (Lipinski definition) is 2. The van der Waals surface area contributed by atoms with E-state index in [1.54, 1.807) is 0 Å². The third kappa shape index (κ3) is 14.9. The van der Waals surface area contributed by atoms with Crippen LogP contribution in [0.3, 0.4) is 0 Å². The first kappa shape index (κ1) is 38.2. The number of hydrogen-bond acceptors (Lipinski definition) is 2. The molecular formula is C42H70O2. The van der Waals surface area contributed by atoms with Gasteiger partial charge in [0.2, 0.25) is 0 Å². The van der Waals surface area contributed by atoms with Crippen molar-refractivity contribution in [3.05, 3.63) is 57.6 Å². The molecule has 0 fully saturated rings. The molecule has 0 saturated heterocycles. The maximum atomic E-state index is 11.5. The summed E-state index contributed by atoms with van der Waals surface area (Å²) in [5, 5.41) is 22.7. The van der Waals surface area contributed by atoms with Gasteiger partial charge in [-0.3, -0.25) is 0 Å². The van der Waals surface area contributed by atoms with Crippen molar-refractivity contribution in [2.24, 2.45) is 0 Å². The maximum absolute atomic E-state index is 11.5. The number of unbranched alkanes of at least 4 members (excludes halogenated alkanes) is 18. The lowest BCUT2D eigenvalue weighted by molar-refractivity contribution is 0.439. The fraction of sp³-hybridized carbons (Fsp3) is 0.714. The van der Waals surface area contributed by atoms with E-state index in [4.69, 9.17) is 0 Å². The Balaban J connectivity index is 2.03. The fourth-order valence-electron chi connectivity index (χ4n) is 6.69. The highest BCUT2D eigenvalue weighted by molar-refractivity contribution is 5.52. The summed E-state index contributed by atoms with van der Waals surface area (Å²) in [5.74, 6) is 0.838. The van der Waals surface area contributed by atoms with Crippen molar-refractivity contribution >= 4 is 0 Å². The van der Waals surface area contributed by atoms with Gasteiger partial charge in [-0.25, -0.2) is 0 Å². The average Bonchev–Trinajstić information content (AvgIpc) is 2.98. The monoisotopic (exact) mass is 607 g/mol. The van der Waals surface area contributed by atoms with Crippen molar-refractivity contribution in [3.63, 3.8) is 0 Å². The minimum atomic E-state index is -0.134. The fourth-order valence-corrected chi connectivity index (χ4v) is 6.69. The number of aromatic hydroxyl groups is 2. The first-order valence-electron chi connectivity index (χ1n) is 18.8. The van der Waals surface area contributed by atoms with Crippen LogP contribution < -0.4 is 0 Å². The van der Waals surface area contributed by atoms with E-state index < -0.39 is 0 Å². The van der Waals surface area contributed by atoms with E-state index in [0.29, 0.717) is 17.9 Å². The Bertz CT molecular complexity index is 1040. The third-order valence-electron chi connectivity index (χ3n) is 9.47. The molecule has 44 heavy (non-hydrogen) atoms. The summed E-state index contributed by atoms with van der Waals surface area (Å²) in [6, 6.07) is 8.72. The van der Waals surface area contributed by atoms with Crippen LogP contribution in [0.4, 0.5) is 0 Å². The van der Waals surface area contributed by atoms with Crippen LogP contribution in [0.1, 0.15) is 196 Å². The zero-order chi connectivity index (χ0) is 32.2. The lowest BCUT2D eigenvalue weighted by Gasteiger charge is -2.23. The molecule has 0 heterocycles. The van der Waals surface area contributed by atoms with E-state index in [1.807, 2.05) is 0 Å². The Hall–Kier alpha value is -1.96. The van der Waals surface area contributed by atoms with Gasteiger partial charge in [-0.05, 0) is 65.8 Å². The molecule has 0 unspecified atom stereocenters. The Morgan fingerprint density at radius 3 is 1.36 bits per heavy atom. The Labute approximate surface area is 273 Å². The first-order valence-corrected chi connectivity index (χ1v) is 18.8. The molecule has 2 nitrogen and oxygen atoms in total. The van der Waals surface area contributed by atoms with Crippen molar-refractivity contribution in [2.45, 2.75) is 195 Å². The molecule has 0 bridgehead atoms. The normalized spacial score (nSPS) is 11.9. The number of phenols is 2. The second kappa shape index (κ2) is 21.7. The molecule has 0 aliphatic carbocycles. The zero-order valence-electron chi connectivity index (χ0n) is 30.0. The Kier molecular flexibility index (Phi) is 18.9. The topological polar surface area (TPSA) is 40.5 Å². The summed E-state index contributed by atoms with van der Waals surface area (Å²) < 4.78 is 0. The lowest BCUT2D eigenvalue weighted by atomic mass is 9.83. The largest absolute Gasteiger partial charge is 0.507 e. The van der Waals surface area contributed by atoms with Gasteiger partial charge in [-0.2, -0.15) is 0 Å². The van der Waals surface area contributed by atoms with Gasteiger partial charge in [0.25, 0.3) is 0 Å². The molecule has 0 spiro atoms. The highest BCUT2D eigenvalue weighted by atomic mass is 16.3. The Morgan fingerprint density at radius 1 is 0.477 bits per heavy atom. The first-order chi connectivity index (χ1) is 21.2. The molecule has 2 aromatic rings. The zero-order valence-corrected chi connectivity index (χ0v) is 30.0. The molecule has 0 atom stereocenters. The number of rotatable bonds is 24. The van der Waals surface area contributed by atoms with Crippen molar-refractivity contribution in [1.29, 1.82) is 0 Å². The van der Waals surface area contributed by atoms with Gasteiger partial charge in [-0.1, -0.05) is 180 Å². The van der Waals surface area contributed by atoms with Crippen LogP contribution in [0.2, 0.25) is 0 Å². The molecule has 0 aromatic heterocycles. The summed E-state index contributed by atoms with van der Waals surface area (Å²) in [4.78, 5) is 0. The van der Waals surface area contributed by atoms with E-state index in [1.165, 1.54) is 128 Å². The van der Waals surface area contributed by atoms with Crippen LogP contribution in [0.15, 0.2) is 24.3 Å². The lowest BCUT2D eigenvalue weighted by Crippen LogP contribution is -2.12. The summed E-state index contributed by atoms with van der Waals surface area (Å²) in [5.41, 5.74) is 6.36. The Morgan fingerprint density at radius 2 is 0.886 bits per heavy atom. The SMILES string of the molecule is CCCCCCCCCCCCc1cc(CCCCCCCCCCCC)c(O)c(Cc2cc(C)cc(C(C)(C)C)c2O)c1. The van der Waals surface area contributed by atoms with Crippen LogP contribution >= 0.6 is 0 Å². The summed E-state index contributed by atoms with van der Waals surface area (Å²) in [7, 11) is 0. The van der Waals surface area contributed by atoms with Crippen LogP contribution in [0.5, 0.6) is 11.5 Å². The van der Waals surface area contributed by atoms with Gasteiger partial charge in [0.1, 0.15) is 11.5 Å². The summed E-state index contributed by atoms with van der Waals surface area (Å²) >= 11 is 0. The molecule has 250 valence electrons. The molecule has 2 aromatic carbocycles. The number of benzene rings is 2. The molecule has 0 saturated carbocycles. The highest BCUT2D eigenvalue weighted by Gasteiger charge is 2.22. The van der Waals surface area contributed by atoms with E-state index in [2.05, 4.69) is 65.8 Å². The standard InChI is InChI=1S/C42H70O2/c1-7-9-11-13-15-17-19-21-23-25-27-35-31-36(28-26-24-22-20-18-16-14-12-10-8-2)40(43)38(32-35)33-37-29-34(3)30-39(41(37)44)42(4,5)6/h29-32,43-44H,7-28,33H2,1-6H3. The van der Waals surface area contributed by atoms with Gasteiger partial charge in [0, 0.05) is 6.42 Å². The molecule has 2 N–H and O–H groups in total. The minimum Gasteiger partial charge on any atom is -0.507 e. The van der Waals surface area contributed by atoms with Crippen LogP contribution in [0.25, 0.3) is 0 Å². The van der Waals surface area contributed by atoms with Crippen molar-refractivity contribution < 1.29 is 10.2 Å². The van der Waals surface area contributed by atoms with E-state index in [-0.39, 0.29) is 5.41 Å². The molecule has 2 heteroatoms. The predicted octanol–water partition coefficient (Wildman–Crippen LogP) is 13.2. The third-order valence-corrected chi connectivity index (χ3v) is 9.47. The predicted molar refractivity (Wildman–Crippen MR) is 194 cm³/mol. The minimum absolute atomic E-state index is 0.134. The molecular weight excluding hydrogens is 536 g/mol. The van der Waals surface area contributed by atoms with Gasteiger partial charge in [-0.15, -0.1) is 0 Å². The van der Waals surface area contributed by atoms with E-state index >= 15 is 0 Å². The van der Waals surface area contributed by atoms with Crippen LogP contribution in [-0.2, 0) is 24.7 Å². The molecule has 0 aliphatic rings. The second-order valence-corrected chi connectivity index (χ2v) is 14.9. The summed E-state index contributed by atoms with van der Waals surface area (Å²) in [6.45, 7) is 13.1. The molecule has 0 radical (unpaired) electrons. The van der Waals surface area contributed by atoms with E-state index in [0.717, 1.165) is 47.1 Å². The molecule has 0 aliphatic heterocycles. The van der Waals surface area contributed by atoms with Crippen molar-refractivity contribution in [2.75, 3.05) is 0 Å². The van der Waals surface area contributed by atoms with Gasteiger partial charge >= 0.3 is 0 Å². The van der Waals surface area contributed by atoms with Gasteiger partial charge in [0.05, 0.1) is 0 Å². The summed E-state index contributed by atoms with van der Waals surface area (Å²) in [6.07, 6.45) is 29.3. The van der Waals surface area contributed by atoms with Gasteiger partial charge in [0.15, 0.2) is 0 Å².